The number of hydrogen-bond donors (Lipinski definition) is 0. The molecule has 6 heteroatoms. The lowest BCUT2D eigenvalue weighted by Gasteiger charge is -2.17. The number of rotatable bonds is 5. The molecule has 0 radical (unpaired) electrons. The normalized spacial score (nSPS) is 10.6. The molecule has 1 heterocycles. The molecule has 0 spiro atoms. The fourth-order valence-corrected chi connectivity index (χ4v) is 2.01. The lowest BCUT2D eigenvalue weighted by Crippen LogP contribution is -2.34. The van der Waals surface area contributed by atoms with Crippen LogP contribution in [0.2, 0.25) is 0 Å². The van der Waals surface area contributed by atoms with Crippen LogP contribution >= 0.6 is 0 Å². The molecule has 0 unspecified atom stereocenters. The number of benzene rings is 1. The van der Waals surface area contributed by atoms with E-state index < -0.39 is 0 Å². The highest BCUT2D eigenvalue weighted by Gasteiger charge is 2.13. The summed E-state index contributed by atoms with van der Waals surface area (Å²) in [5.74, 6) is 0.546. The Morgan fingerprint density at radius 3 is 2.70 bits per heavy atom. The molecule has 0 aliphatic heterocycles. The number of likely N-dealkylation sites (N-methyl/N-ethyl adjacent to an activating group) is 1. The molecule has 0 N–H and O–H groups in total. The van der Waals surface area contributed by atoms with Crippen LogP contribution in [0.4, 0.5) is 0 Å². The van der Waals surface area contributed by atoms with E-state index in [9.17, 15) is 4.79 Å². The van der Waals surface area contributed by atoms with Crippen molar-refractivity contribution in [1.29, 1.82) is 0 Å². The molecule has 1 aromatic carbocycles. The van der Waals surface area contributed by atoms with E-state index in [4.69, 9.17) is 0 Å². The van der Waals surface area contributed by atoms with Crippen LogP contribution in [-0.2, 0) is 11.3 Å². The zero-order valence-corrected chi connectivity index (χ0v) is 12.1. The third kappa shape index (κ3) is 3.20. The van der Waals surface area contributed by atoms with E-state index >= 15 is 0 Å². The van der Waals surface area contributed by atoms with Crippen LogP contribution in [-0.4, -0.2) is 44.1 Å². The van der Waals surface area contributed by atoms with Gasteiger partial charge in [-0.05, 0) is 32.1 Å². The molecule has 0 saturated heterocycles. The van der Waals surface area contributed by atoms with Gasteiger partial charge < -0.3 is 4.90 Å². The summed E-state index contributed by atoms with van der Waals surface area (Å²) < 4.78 is 0. The third-order valence-corrected chi connectivity index (χ3v) is 3.12. The lowest BCUT2D eigenvalue weighted by atomic mass is 10.1. The van der Waals surface area contributed by atoms with Crippen LogP contribution in [0, 0.1) is 6.92 Å². The molecule has 20 heavy (non-hydrogen) atoms. The van der Waals surface area contributed by atoms with Crippen molar-refractivity contribution >= 4 is 5.91 Å². The largest absolute Gasteiger partial charge is 0.342 e. The molecular weight excluding hydrogens is 254 g/mol. The first-order valence-corrected chi connectivity index (χ1v) is 6.76. The maximum absolute atomic E-state index is 12.0. The van der Waals surface area contributed by atoms with Gasteiger partial charge in [0, 0.05) is 18.7 Å². The van der Waals surface area contributed by atoms with Crippen LogP contribution in [0.5, 0.6) is 0 Å². The molecule has 0 saturated carbocycles. The number of aromatic nitrogens is 4. The first-order chi connectivity index (χ1) is 9.63. The smallest absolute Gasteiger partial charge is 0.246 e. The van der Waals surface area contributed by atoms with Gasteiger partial charge in [-0.1, -0.05) is 23.8 Å². The monoisotopic (exact) mass is 273 g/mol. The van der Waals surface area contributed by atoms with Crippen LogP contribution < -0.4 is 0 Å². The Hall–Kier alpha value is -2.24. The molecule has 0 fully saturated rings. The van der Waals surface area contributed by atoms with Gasteiger partial charge in [0.1, 0.15) is 6.54 Å². The lowest BCUT2D eigenvalue weighted by molar-refractivity contribution is -0.131. The quantitative estimate of drug-likeness (QED) is 0.828. The summed E-state index contributed by atoms with van der Waals surface area (Å²) in [7, 11) is 0. The van der Waals surface area contributed by atoms with Gasteiger partial charge in [-0.15, -0.1) is 10.2 Å². The van der Waals surface area contributed by atoms with Gasteiger partial charge in [0.15, 0.2) is 0 Å². The maximum atomic E-state index is 12.0. The number of tetrazole rings is 1. The molecule has 1 amide bonds. The highest BCUT2D eigenvalue weighted by atomic mass is 16.2. The molecule has 6 nitrogen and oxygen atoms in total. The SMILES string of the molecule is CCN(CC)C(=O)Cn1nnc(-c2cccc(C)c2)n1. The van der Waals surface area contributed by atoms with Crippen LogP contribution in [0.25, 0.3) is 11.4 Å². The molecule has 0 bridgehead atoms. The first-order valence-electron chi connectivity index (χ1n) is 6.76. The number of carbonyl (C=O) groups is 1. The Kier molecular flexibility index (Phi) is 4.45. The highest BCUT2D eigenvalue weighted by molar-refractivity contribution is 5.75. The molecule has 2 rings (SSSR count). The second-order valence-electron chi connectivity index (χ2n) is 4.58. The van der Waals surface area contributed by atoms with Gasteiger partial charge in [-0.3, -0.25) is 4.79 Å². The van der Waals surface area contributed by atoms with Crippen molar-refractivity contribution in [3.05, 3.63) is 29.8 Å². The van der Waals surface area contributed by atoms with Crippen LogP contribution in [0.3, 0.4) is 0 Å². The molecule has 0 atom stereocenters. The standard InChI is InChI=1S/C14H19N5O/c1-4-18(5-2)13(20)10-19-16-14(15-17-19)12-8-6-7-11(3)9-12/h6-9H,4-5,10H2,1-3H3. The fraction of sp³-hybridized carbons (Fsp3) is 0.429. The summed E-state index contributed by atoms with van der Waals surface area (Å²) in [5.41, 5.74) is 2.05. The molecule has 1 aromatic heterocycles. The van der Waals surface area contributed by atoms with Crippen molar-refractivity contribution in [1.82, 2.24) is 25.1 Å². The van der Waals surface area contributed by atoms with Gasteiger partial charge in [0.2, 0.25) is 11.7 Å². The summed E-state index contributed by atoms with van der Waals surface area (Å²) in [6, 6.07) is 7.89. The Bertz CT molecular complexity index is 589. The second-order valence-corrected chi connectivity index (χ2v) is 4.58. The predicted molar refractivity (Wildman–Crippen MR) is 75.9 cm³/mol. The average Bonchev–Trinajstić information content (AvgIpc) is 2.88. The molecular formula is C14H19N5O. The predicted octanol–water partition coefficient (Wildman–Crippen LogP) is 1.52. The maximum Gasteiger partial charge on any atom is 0.246 e. The van der Waals surface area contributed by atoms with Crippen LogP contribution in [0.15, 0.2) is 24.3 Å². The van der Waals surface area contributed by atoms with Gasteiger partial charge in [-0.25, -0.2) is 0 Å². The summed E-state index contributed by atoms with van der Waals surface area (Å²) in [6.07, 6.45) is 0. The average molecular weight is 273 g/mol. The highest BCUT2D eigenvalue weighted by Crippen LogP contribution is 2.14. The summed E-state index contributed by atoms with van der Waals surface area (Å²) in [5, 5.41) is 12.2. The molecule has 0 aliphatic carbocycles. The van der Waals surface area contributed by atoms with Gasteiger partial charge in [0.05, 0.1) is 0 Å². The van der Waals surface area contributed by atoms with Gasteiger partial charge in [-0.2, -0.15) is 4.80 Å². The number of aryl methyl sites for hydroxylation is 1. The van der Waals surface area contributed by atoms with Crippen molar-refractivity contribution in [2.75, 3.05) is 13.1 Å². The Balaban J connectivity index is 2.11. The third-order valence-electron chi connectivity index (χ3n) is 3.12. The number of carbonyl (C=O) groups excluding carboxylic acids is 1. The van der Waals surface area contributed by atoms with Gasteiger partial charge in [0.25, 0.3) is 0 Å². The molecule has 106 valence electrons. The van der Waals surface area contributed by atoms with Crippen LogP contribution in [0.1, 0.15) is 19.4 Å². The Morgan fingerprint density at radius 1 is 1.30 bits per heavy atom. The van der Waals surface area contributed by atoms with Crippen molar-refractivity contribution < 1.29 is 4.79 Å². The molecule has 0 aliphatic rings. The summed E-state index contributed by atoms with van der Waals surface area (Å²) in [4.78, 5) is 15.1. The topological polar surface area (TPSA) is 63.9 Å². The van der Waals surface area contributed by atoms with Crippen molar-refractivity contribution in [3.8, 4) is 11.4 Å². The van der Waals surface area contributed by atoms with E-state index in [1.807, 2.05) is 45.0 Å². The second kappa shape index (κ2) is 6.27. The first kappa shape index (κ1) is 14.2. The van der Waals surface area contributed by atoms with E-state index in [0.717, 1.165) is 11.1 Å². The van der Waals surface area contributed by atoms with E-state index in [0.29, 0.717) is 18.9 Å². The minimum absolute atomic E-state index is 0.00296. The molecule has 2 aromatic rings. The van der Waals surface area contributed by atoms with Crippen molar-refractivity contribution in [2.24, 2.45) is 0 Å². The van der Waals surface area contributed by atoms with E-state index in [-0.39, 0.29) is 12.5 Å². The van der Waals surface area contributed by atoms with Crippen molar-refractivity contribution in [2.45, 2.75) is 27.3 Å². The minimum atomic E-state index is 0.00296. The number of hydrogen-bond acceptors (Lipinski definition) is 4. The number of amides is 1. The zero-order chi connectivity index (χ0) is 14.5. The van der Waals surface area contributed by atoms with E-state index in [2.05, 4.69) is 15.4 Å². The summed E-state index contributed by atoms with van der Waals surface area (Å²) >= 11 is 0. The summed E-state index contributed by atoms with van der Waals surface area (Å²) in [6.45, 7) is 7.42. The van der Waals surface area contributed by atoms with Gasteiger partial charge >= 0.3 is 0 Å². The van der Waals surface area contributed by atoms with Crippen molar-refractivity contribution in [3.63, 3.8) is 0 Å². The fourth-order valence-electron chi connectivity index (χ4n) is 2.01. The zero-order valence-electron chi connectivity index (χ0n) is 12.1. The Morgan fingerprint density at radius 2 is 2.05 bits per heavy atom. The number of nitrogens with zero attached hydrogens (tertiary/aromatic N) is 5. The van der Waals surface area contributed by atoms with E-state index in [1.165, 1.54) is 4.80 Å². The van der Waals surface area contributed by atoms with E-state index in [1.54, 1.807) is 4.90 Å². The minimum Gasteiger partial charge on any atom is -0.342 e. The Labute approximate surface area is 118 Å².